The predicted molar refractivity (Wildman–Crippen MR) is 72.4 cm³/mol. The molecule has 0 saturated carbocycles. The molecular formula is C14H19NOS. The minimum Gasteiger partial charge on any atom is -0.337 e. The molecular weight excluding hydrogens is 230 g/mol. The zero-order valence-corrected chi connectivity index (χ0v) is 11.3. The van der Waals surface area contributed by atoms with E-state index in [0.29, 0.717) is 6.42 Å². The molecule has 2 rings (SSSR count). The first kappa shape index (κ1) is 12.5. The predicted octanol–water partition coefficient (Wildman–Crippen LogP) is 2.92. The summed E-state index contributed by atoms with van der Waals surface area (Å²) in [7, 11) is 0. The van der Waals surface area contributed by atoms with Crippen molar-refractivity contribution in [2.24, 2.45) is 0 Å². The molecule has 0 aliphatic carbocycles. The number of hydrogen-bond donors (Lipinski definition) is 1. The number of carbonyl (C=O) groups excluding carboxylic acids is 1. The van der Waals surface area contributed by atoms with Crippen molar-refractivity contribution in [1.82, 2.24) is 4.90 Å². The lowest BCUT2D eigenvalue weighted by atomic mass is 10.0. The molecule has 1 aromatic carbocycles. The number of benzene rings is 1. The molecule has 1 aliphatic rings. The van der Waals surface area contributed by atoms with E-state index in [1.165, 1.54) is 0 Å². The summed E-state index contributed by atoms with van der Waals surface area (Å²) < 4.78 is 0. The lowest BCUT2D eigenvalue weighted by Crippen LogP contribution is -2.43. The average molecular weight is 249 g/mol. The molecule has 0 N–H and O–H groups in total. The second-order valence-electron chi connectivity index (χ2n) is 5.30. The largest absolute Gasteiger partial charge is 0.337 e. The number of hydrogen-bond acceptors (Lipinski definition) is 2. The molecule has 0 aromatic heterocycles. The van der Waals surface area contributed by atoms with Crippen LogP contribution in [0.3, 0.4) is 0 Å². The van der Waals surface area contributed by atoms with E-state index in [4.69, 9.17) is 0 Å². The van der Waals surface area contributed by atoms with Crippen LogP contribution in [0.1, 0.15) is 32.3 Å². The Morgan fingerprint density at radius 1 is 1.35 bits per heavy atom. The molecule has 1 saturated heterocycles. The van der Waals surface area contributed by atoms with Crippen LogP contribution in [0, 0.1) is 0 Å². The minimum absolute atomic E-state index is 0.0283. The van der Waals surface area contributed by atoms with E-state index >= 15 is 0 Å². The third-order valence-corrected chi connectivity index (χ3v) is 3.79. The molecule has 3 heteroatoms. The molecule has 92 valence electrons. The monoisotopic (exact) mass is 249 g/mol. The van der Waals surface area contributed by atoms with Gasteiger partial charge in [0.2, 0.25) is 5.91 Å². The van der Waals surface area contributed by atoms with Gasteiger partial charge in [0.25, 0.3) is 0 Å². The molecule has 0 spiro atoms. The van der Waals surface area contributed by atoms with E-state index in [2.05, 4.69) is 26.5 Å². The van der Waals surface area contributed by atoms with Crippen molar-refractivity contribution < 1.29 is 4.79 Å². The van der Waals surface area contributed by atoms with Crippen molar-refractivity contribution in [2.45, 2.75) is 43.5 Å². The van der Waals surface area contributed by atoms with Gasteiger partial charge in [-0.1, -0.05) is 12.1 Å². The highest BCUT2D eigenvalue weighted by Crippen LogP contribution is 2.28. The summed E-state index contributed by atoms with van der Waals surface area (Å²) in [6.07, 6.45) is 2.72. The van der Waals surface area contributed by atoms with Crippen LogP contribution >= 0.6 is 12.6 Å². The van der Waals surface area contributed by atoms with Gasteiger partial charge in [0.1, 0.15) is 0 Å². The maximum atomic E-state index is 12.2. The van der Waals surface area contributed by atoms with Gasteiger partial charge >= 0.3 is 0 Å². The molecule has 0 radical (unpaired) electrons. The summed E-state index contributed by atoms with van der Waals surface area (Å²) in [5.41, 5.74) is 1.09. The first-order valence-electron chi connectivity index (χ1n) is 6.07. The molecule has 0 atom stereocenters. The van der Waals surface area contributed by atoms with Crippen LogP contribution in [0.4, 0.5) is 0 Å². The number of amides is 1. The van der Waals surface area contributed by atoms with Crippen LogP contribution in [0.2, 0.25) is 0 Å². The van der Waals surface area contributed by atoms with Crippen LogP contribution in [-0.2, 0) is 11.2 Å². The van der Waals surface area contributed by atoms with Crippen molar-refractivity contribution in [2.75, 3.05) is 6.54 Å². The first-order valence-corrected chi connectivity index (χ1v) is 6.52. The summed E-state index contributed by atoms with van der Waals surface area (Å²) >= 11 is 4.24. The average Bonchev–Trinajstić information content (AvgIpc) is 2.61. The quantitative estimate of drug-likeness (QED) is 0.799. The summed E-state index contributed by atoms with van der Waals surface area (Å²) in [6, 6.07) is 7.81. The van der Waals surface area contributed by atoms with Gasteiger partial charge in [-0.15, -0.1) is 12.6 Å². The lowest BCUT2D eigenvalue weighted by molar-refractivity contribution is -0.133. The van der Waals surface area contributed by atoms with Crippen molar-refractivity contribution >= 4 is 18.5 Å². The third kappa shape index (κ3) is 2.83. The SMILES string of the molecule is CC1(C)CCCN1C(=O)Cc1ccc(S)cc1. The standard InChI is InChI=1S/C14H19NOS/c1-14(2)8-3-9-15(14)13(16)10-11-4-6-12(17)7-5-11/h4-7,17H,3,8-10H2,1-2H3. The molecule has 0 bridgehead atoms. The lowest BCUT2D eigenvalue weighted by Gasteiger charge is -2.31. The Balaban J connectivity index is 2.04. The van der Waals surface area contributed by atoms with E-state index in [1.807, 2.05) is 29.2 Å². The highest BCUT2D eigenvalue weighted by molar-refractivity contribution is 7.80. The van der Waals surface area contributed by atoms with Gasteiger partial charge < -0.3 is 4.90 Å². The zero-order valence-electron chi connectivity index (χ0n) is 10.4. The molecule has 1 amide bonds. The Bertz CT molecular complexity index is 411. The van der Waals surface area contributed by atoms with Crippen molar-refractivity contribution in [1.29, 1.82) is 0 Å². The van der Waals surface area contributed by atoms with Gasteiger partial charge in [0.15, 0.2) is 0 Å². The fourth-order valence-corrected chi connectivity index (χ4v) is 2.60. The first-order chi connectivity index (χ1) is 7.99. The normalized spacial score (nSPS) is 18.4. The zero-order chi connectivity index (χ0) is 12.5. The maximum Gasteiger partial charge on any atom is 0.227 e. The minimum atomic E-state index is 0.0283. The Labute approximate surface area is 108 Å². The molecule has 1 fully saturated rings. The van der Waals surface area contributed by atoms with Gasteiger partial charge in [-0.05, 0) is 44.4 Å². The highest BCUT2D eigenvalue weighted by Gasteiger charge is 2.34. The van der Waals surface area contributed by atoms with Crippen LogP contribution in [-0.4, -0.2) is 22.9 Å². The summed E-state index contributed by atoms with van der Waals surface area (Å²) in [5.74, 6) is 0.236. The van der Waals surface area contributed by atoms with Crippen molar-refractivity contribution in [3.63, 3.8) is 0 Å². The number of rotatable bonds is 2. The van der Waals surface area contributed by atoms with Gasteiger partial charge in [-0.3, -0.25) is 4.79 Å². The van der Waals surface area contributed by atoms with Gasteiger partial charge in [-0.2, -0.15) is 0 Å². The van der Waals surface area contributed by atoms with Crippen LogP contribution in [0.5, 0.6) is 0 Å². The number of thiol groups is 1. The second-order valence-corrected chi connectivity index (χ2v) is 5.82. The van der Waals surface area contributed by atoms with Crippen molar-refractivity contribution in [3.05, 3.63) is 29.8 Å². The summed E-state index contributed by atoms with van der Waals surface area (Å²) in [4.78, 5) is 15.2. The fraction of sp³-hybridized carbons (Fsp3) is 0.500. The molecule has 2 nitrogen and oxygen atoms in total. The Kier molecular flexibility index (Phi) is 3.48. The van der Waals surface area contributed by atoms with Gasteiger partial charge in [0.05, 0.1) is 6.42 Å². The van der Waals surface area contributed by atoms with E-state index < -0.39 is 0 Å². The molecule has 1 aromatic rings. The Morgan fingerprint density at radius 2 is 2.00 bits per heavy atom. The Hall–Kier alpha value is -0.960. The summed E-state index contributed by atoms with van der Waals surface area (Å²) in [5, 5.41) is 0. The molecule has 1 aliphatic heterocycles. The Morgan fingerprint density at radius 3 is 2.53 bits per heavy atom. The van der Waals surface area contributed by atoms with Crippen LogP contribution in [0.25, 0.3) is 0 Å². The third-order valence-electron chi connectivity index (χ3n) is 3.49. The van der Waals surface area contributed by atoms with E-state index in [9.17, 15) is 4.79 Å². The smallest absolute Gasteiger partial charge is 0.227 e. The highest BCUT2D eigenvalue weighted by atomic mass is 32.1. The van der Waals surface area contributed by atoms with E-state index in [1.54, 1.807) is 0 Å². The van der Waals surface area contributed by atoms with Gasteiger partial charge in [-0.25, -0.2) is 0 Å². The molecule has 0 unspecified atom stereocenters. The fourth-order valence-electron chi connectivity index (χ4n) is 2.45. The number of likely N-dealkylation sites (tertiary alicyclic amines) is 1. The van der Waals surface area contributed by atoms with Crippen molar-refractivity contribution in [3.8, 4) is 0 Å². The van der Waals surface area contributed by atoms with E-state index in [-0.39, 0.29) is 11.4 Å². The van der Waals surface area contributed by atoms with E-state index in [0.717, 1.165) is 29.8 Å². The second kappa shape index (κ2) is 4.73. The number of nitrogens with zero attached hydrogens (tertiary/aromatic N) is 1. The number of carbonyl (C=O) groups is 1. The molecule has 17 heavy (non-hydrogen) atoms. The van der Waals surface area contributed by atoms with Crippen LogP contribution < -0.4 is 0 Å². The van der Waals surface area contributed by atoms with Gasteiger partial charge in [0, 0.05) is 17.0 Å². The topological polar surface area (TPSA) is 20.3 Å². The maximum absolute atomic E-state index is 12.2. The summed E-state index contributed by atoms with van der Waals surface area (Å²) in [6.45, 7) is 5.19. The van der Waals surface area contributed by atoms with Crippen LogP contribution in [0.15, 0.2) is 29.2 Å². The molecule has 1 heterocycles.